The molecule has 0 radical (unpaired) electrons. The molecule has 11 heteroatoms. The number of carbonyl (C=O) groups is 1. The molecule has 9 nitrogen and oxygen atoms in total. The third-order valence-corrected chi connectivity index (χ3v) is 4.13. The van der Waals surface area contributed by atoms with Gasteiger partial charge in [0.25, 0.3) is 5.91 Å². The molecule has 0 fully saturated rings. The van der Waals surface area contributed by atoms with E-state index in [2.05, 4.69) is 15.7 Å². The topological polar surface area (TPSA) is 123 Å². The second kappa shape index (κ2) is 11.1. The third-order valence-electron chi connectivity index (χ3n) is 3.44. The Morgan fingerprint density at radius 3 is 2.50 bits per heavy atom. The van der Waals surface area contributed by atoms with Crippen LogP contribution < -0.4 is 39.6 Å². The predicted molar refractivity (Wildman–Crippen MR) is 99.1 cm³/mol. The Labute approximate surface area is 185 Å². The zero-order valence-corrected chi connectivity index (χ0v) is 18.6. The maximum atomic E-state index is 12.4. The number of carbonyl (C=O) groups excluding carboxylic acids is 1. The molecule has 1 amide bonds. The zero-order chi connectivity index (χ0) is 19.9. The molecule has 0 saturated carbocycles. The number of nitrogens with zero attached hydrogens (tertiary/aromatic N) is 3. The van der Waals surface area contributed by atoms with Crippen molar-refractivity contribution >= 4 is 27.4 Å². The molecule has 0 aliphatic carbocycles. The number of hydrogen-bond acceptors (Lipinski definition) is 7. The van der Waals surface area contributed by atoms with Crippen molar-refractivity contribution in [2.24, 2.45) is 10.3 Å². The van der Waals surface area contributed by atoms with Crippen molar-refractivity contribution < 1.29 is 52.1 Å². The van der Waals surface area contributed by atoms with Gasteiger partial charge in [-0.1, -0.05) is 23.4 Å². The van der Waals surface area contributed by atoms with Crippen LogP contribution in [-0.2, 0) is 10.1 Å². The smallest absolute Gasteiger partial charge is 0.748 e. The molecule has 2 rings (SSSR count). The number of rotatable bonds is 8. The number of benzene rings is 2. The molecule has 0 saturated heterocycles. The Morgan fingerprint density at radius 2 is 1.89 bits per heavy atom. The summed E-state index contributed by atoms with van der Waals surface area (Å²) in [5.74, 6) is -0.523. The van der Waals surface area contributed by atoms with E-state index in [4.69, 9.17) is 4.74 Å². The van der Waals surface area contributed by atoms with Crippen molar-refractivity contribution in [3.8, 4) is 5.75 Å². The van der Waals surface area contributed by atoms with Crippen LogP contribution in [0.3, 0.4) is 0 Å². The van der Waals surface area contributed by atoms with Gasteiger partial charge < -0.3 is 14.6 Å². The fourth-order valence-corrected chi connectivity index (χ4v) is 2.54. The van der Waals surface area contributed by atoms with E-state index in [0.29, 0.717) is 17.0 Å². The molecular formula is C17H19N4NaO5S. The van der Waals surface area contributed by atoms with E-state index in [9.17, 15) is 17.8 Å². The second-order valence-corrected chi connectivity index (χ2v) is 7.06. The van der Waals surface area contributed by atoms with Crippen LogP contribution >= 0.6 is 0 Å². The molecule has 0 aliphatic heterocycles. The molecular weight excluding hydrogens is 395 g/mol. The summed E-state index contributed by atoms with van der Waals surface area (Å²) in [5, 5.41) is 11.8. The molecule has 0 aliphatic rings. The molecule has 1 N–H and O–H groups in total. The summed E-state index contributed by atoms with van der Waals surface area (Å²) in [6.45, 7) is -0.105. The summed E-state index contributed by atoms with van der Waals surface area (Å²) in [4.78, 5) is 12.4. The van der Waals surface area contributed by atoms with E-state index in [1.165, 1.54) is 25.2 Å². The van der Waals surface area contributed by atoms with Crippen LogP contribution in [0.15, 0.2) is 58.9 Å². The fourth-order valence-electron chi connectivity index (χ4n) is 2.05. The molecule has 0 unspecified atom stereocenters. The average molecular weight is 414 g/mol. The Balaban J connectivity index is 0.00000392. The molecule has 0 heterocycles. The summed E-state index contributed by atoms with van der Waals surface area (Å²) in [7, 11) is -1.40. The third kappa shape index (κ3) is 7.95. The van der Waals surface area contributed by atoms with Crippen LogP contribution in [0.4, 0.5) is 11.4 Å². The predicted octanol–water partition coefficient (Wildman–Crippen LogP) is -0.573. The molecule has 144 valence electrons. The van der Waals surface area contributed by atoms with Crippen LogP contribution in [0.2, 0.25) is 0 Å². The van der Waals surface area contributed by atoms with Gasteiger partial charge in [0.15, 0.2) is 0 Å². The van der Waals surface area contributed by atoms with Crippen LogP contribution in [0.5, 0.6) is 5.75 Å². The number of anilines is 1. The minimum absolute atomic E-state index is 0. The quantitative estimate of drug-likeness (QED) is 0.267. The molecule has 2 aromatic rings. The zero-order valence-electron chi connectivity index (χ0n) is 15.8. The largest absolute Gasteiger partial charge is 1.00 e. The van der Waals surface area contributed by atoms with E-state index in [1.807, 2.05) is 6.07 Å². The standard InChI is InChI=1S/C17H20N4O5S.Na/c1-21(10-11-27(23,24)25)20-19-15-12-13(8-9-16(15)26-2)17(22)18-14-6-4-3-5-7-14;/h3-9,12H,10-11H2,1-2H3,(H,18,22)(H,23,24,25);/q;+1/p-1. The van der Waals surface area contributed by atoms with Gasteiger partial charge in [0.1, 0.15) is 11.4 Å². The van der Waals surface area contributed by atoms with Crippen molar-refractivity contribution in [2.45, 2.75) is 0 Å². The fraction of sp³-hybridized carbons (Fsp3) is 0.235. The van der Waals surface area contributed by atoms with Crippen molar-refractivity contribution in [1.82, 2.24) is 5.01 Å². The number of methoxy groups -OCH3 is 1. The first kappa shape index (κ1) is 24.1. The van der Waals surface area contributed by atoms with E-state index in [-0.39, 0.29) is 47.7 Å². The van der Waals surface area contributed by atoms with Gasteiger partial charge in [-0.3, -0.25) is 9.80 Å². The summed E-state index contributed by atoms with van der Waals surface area (Å²) < 4.78 is 37.2. The van der Waals surface area contributed by atoms with E-state index >= 15 is 0 Å². The first-order valence-electron chi connectivity index (χ1n) is 7.89. The van der Waals surface area contributed by atoms with E-state index < -0.39 is 15.9 Å². The average Bonchev–Trinajstić information content (AvgIpc) is 2.64. The van der Waals surface area contributed by atoms with Crippen molar-refractivity contribution in [3.05, 3.63) is 54.1 Å². The molecule has 0 atom stereocenters. The van der Waals surface area contributed by atoms with Crippen LogP contribution in [-0.4, -0.2) is 50.3 Å². The first-order valence-corrected chi connectivity index (χ1v) is 9.47. The van der Waals surface area contributed by atoms with Gasteiger partial charge in [-0.05, 0) is 30.3 Å². The van der Waals surface area contributed by atoms with E-state index in [0.717, 1.165) is 0 Å². The van der Waals surface area contributed by atoms with Gasteiger partial charge in [0, 0.05) is 18.3 Å². The van der Waals surface area contributed by atoms with Crippen molar-refractivity contribution in [3.63, 3.8) is 0 Å². The number of hydrogen-bond donors (Lipinski definition) is 1. The van der Waals surface area contributed by atoms with Gasteiger partial charge in [-0.15, -0.1) is 5.11 Å². The number of amides is 1. The SMILES string of the molecule is COc1ccc(C(=O)Nc2ccccc2)cc1N=NN(C)CCS(=O)(=O)[O-].[Na+]. The Hall–Kier alpha value is -1.98. The molecule has 0 spiro atoms. The minimum atomic E-state index is -4.33. The second-order valence-electron chi connectivity index (χ2n) is 5.54. The molecule has 2 aromatic carbocycles. The van der Waals surface area contributed by atoms with Gasteiger partial charge in [0.2, 0.25) is 0 Å². The van der Waals surface area contributed by atoms with Crippen molar-refractivity contribution in [1.29, 1.82) is 0 Å². The van der Waals surface area contributed by atoms with Crippen LogP contribution in [0.25, 0.3) is 0 Å². The van der Waals surface area contributed by atoms with Gasteiger partial charge in [0.05, 0.1) is 29.5 Å². The van der Waals surface area contributed by atoms with Gasteiger partial charge >= 0.3 is 29.6 Å². The monoisotopic (exact) mass is 414 g/mol. The first-order chi connectivity index (χ1) is 12.8. The summed E-state index contributed by atoms with van der Waals surface area (Å²) in [5.41, 5.74) is 1.29. The Morgan fingerprint density at radius 1 is 1.21 bits per heavy atom. The summed E-state index contributed by atoms with van der Waals surface area (Å²) in [6, 6.07) is 13.7. The number of nitrogens with one attached hydrogen (secondary N) is 1. The maximum absolute atomic E-state index is 12.4. The maximum Gasteiger partial charge on any atom is 1.00 e. The minimum Gasteiger partial charge on any atom is -0.748 e. The molecule has 0 bridgehead atoms. The molecule has 28 heavy (non-hydrogen) atoms. The van der Waals surface area contributed by atoms with Gasteiger partial charge in [-0.2, -0.15) is 0 Å². The van der Waals surface area contributed by atoms with Gasteiger partial charge in [-0.25, -0.2) is 8.42 Å². The van der Waals surface area contributed by atoms with E-state index in [1.54, 1.807) is 36.4 Å². The Kier molecular flexibility index (Phi) is 9.56. The number of ether oxygens (including phenoxy) is 1. The Bertz CT molecular complexity index is 922. The van der Waals surface area contributed by atoms with Crippen LogP contribution in [0, 0.1) is 0 Å². The normalized spacial score (nSPS) is 11.0. The van der Waals surface area contributed by atoms with Crippen LogP contribution in [0.1, 0.15) is 10.4 Å². The summed E-state index contributed by atoms with van der Waals surface area (Å²) in [6.07, 6.45) is 0. The molecule has 0 aromatic heterocycles. The number of para-hydroxylation sites is 1. The summed E-state index contributed by atoms with van der Waals surface area (Å²) >= 11 is 0. The van der Waals surface area contributed by atoms with Crippen molar-refractivity contribution in [2.75, 3.05) is 31.8 Å².